The van der Waals surface area contributed by atoms with Crippen molar-refractivity contribution in [3.63, 3.8) is 0 Å². The lowest BCUT2D eigenvalue weighted by Crippen LogP contribution is -2.67. The molecule has 0 saturated heterocycles. The van der Waals surface area contributed by atoms with Gasteiger partial charge in [0, 0.05) is 12.0 Å². The summed E-state index contributed by atoms with van der Waals surface area (Å²) in [6, 6.07) is 0. The molecule has 0 spiro atoms. The summed E-state index contributed by atoms with van der Waals surface area (Å²) in [5.41, 5.74) is 0.285. The smallest absolute Gasteiger partial charge is 0.249 e. The second-order valence-corrected chi connectivity index (χ2v) is 3.02. The lowest BCUT2D eigenvalue weighted by Gasteiger charge is -2.32. The molecule has 0 saturated carbocycles. The molecule has 0 radical (unpaired) electrons. The van der Waals surface area contributed by atoms with Gasteiger partial charge in [-0.25, -0.2) is 0 Å². The van der Waals surface area contributed by atoms with E-state index in [0.717, 1.165) is 0 Å². The van der Waals surface area contributed by atoms with Crippen LogP contribution in [-0.2, 0) is 14.4 Å². The van der Waals surface area contributed by atoms with Crippen LogP contribution in [0.1, 0.15) is 20.3 Å². The molecule has 0 heterocycles. The average molecular weight is 213 g/mol. The maximum absolute atomic E-state index is 11.3. The molecule has 0 aromatic heterocycles. The van der Waals surface area contributed by atoms with E-state index in [0.29, 0.717) is 19.2 Å². The summed E-state index contributed by atoms with van der Waals surface area (Å²) in [4.78, 5) is 32.1. The number of carbonyl (C=O) groups is 3. The molecule has 0 fully saturated rings. The summed E-state index contributed by atoms with van der Waals surface area (Å²) in [7, 11) is 0. The van der Waals surface area contributed by atoms with E-state index in [1.54, 1.807) is 6.92 Å². The van der Waals surface area contributed by atoms with E-state index in [1.165, 1.54) is 6.92 Å². The van der Waals surface area contributed by atoms with Gasteiger partial charge in [-0.2, -0.15) is 0 Å². The lowest BCUT2D eigenvalue weighted by atomic mass is 10.2. The molecule has 0 unspecified atom stereocenters. The summed E-state index contributed by atoms with van der Waals surface area (Å²) >= 11 is 0. The SMILES string of the molecule is C=C(C)C(=O)NC(CC)(NC=O)NC=O. The van der Waals surface area contributed by atoms with Gasteiger partial charge in [0.1, 0.15) is 0 Å². The van der Waals surface area contributed by atoms with E-state index in [1.807, 2.05) is 0 Å². The predicted molar refractivity (Wildman–Crippen MR) is 54.4 cm³/mol. The number of carbonyl (C=O) groups excluding carboxylic acids is 3. The minimum absolute atomic E-state index is 0.285. The molecule has 0 aliphatic heterocycles. The zero-order valence-electron chi connectivity index (χ0n) is 8.79. The van der Waals surface area contributed by atoms with Gasteiger partial charge in [0.15, 0.2) is 5.79 Å². The van der Waals surface area contributed by atoms with Crippen molar-refractivity contribution in [3.05, 3.63) is 12.2 Å². The van der Waals surface area contributed by atoms with E-state index in [2.05, 4.69) is 22.5 Å². The molecule has 3 N–H and O–H groups in total. The highest BCUT2D eigenvalue weighted by molar-refractivity contribution is 5.92. The van der Waals surface area contributed by atoms with Gasteiger partial charge < -0.3 is 16.0 Å². The van der Waals surface area contributed by atoms with Crippen molar-refractivity contribution in [2.24, 2.45) is 0 Å². The van der Waals surface area contributed by atoms with Crippen LogP contribution >= 0.6 is 0 Å². The van der Waals surface area contributed by atoms with E-state index >= 15 is 0 Å². The fourth-order valence-corrected chi connectivity index (χ4v) is 0.908. The van der Waals surface area contributed by atoms with Gasteiger partial charge >= 0.3 is 0 Å². The fraction of sp³-hybridized carbons (Fsp3) is 0.444. The van der Waals surface area contributed by atoms with Crippen molar-refractivity contribution in [2.45, 2.75) is 26.1 Å². The topological polar surface area (TPSA) is 87.3 Å². The Morgan fingerprint density at radius 3 is 2.07 bits per heavy atom. The number of hydrogen-bond donors (Lipinski definition) is 3. The molecule has 0 aliphatic carbocycles. The van der Waals surface area contributed by atoms with Crippen molar-refractivity contribution in [1.29, 1.82) is 0 Å². The largest absolute Gasteiger partial charge is 0.319 e. The van der Waals surface area contributed by atoms with Crippen LogP contribution in [-0.4, -0.2) is 24.5 Å². The highest BCUT2D eigenvalue weighted by Gasteiger charge is 2.28. The van der Waals surface area contributed by atoms with Crippen molar-refractivity contribution in [1.82, 2.24) is 16.0 Å². The van der Waals surface area contributed by atoms with Crippen molar-refractivity contribution >= 4 is 18.7 Å². The molecule has 0 aromatic carbocycles. The van der Waals surface area contributed by atoms with Gasteiger partial charge in [0.25, 0.3) is 0 Å². The quantitative estimate of drug-likeness (QED) is 0.295. The molecule has 0 rings (SSSR count). The summed E-state index contributed by atoms with van der Waals surface area (Å²) in [5, 5.41) is 7.13. The van der Waals surface area contributed by atoms with Crippen molar-refractivity contribution in [2.75, 3.05) is 0 Å². The highest BCUT2D eigenvalue weighted by Crippen LogP contribution is 2.01. The Balaban J connectivity index is 4.73. The zero-order valence-corrected chi connectivity index (χ0v) is 8.79. The van der Waals surface area contributed by atoms with Crippen LogP contribution in [0.25, 0.3) is 0 Å². The number of hydrogen-bond acceptors (Lipinski definition) is 3. The van der Waals surface area contributed by atoms with E-state index in [-0.39, 0.29) is 5.57 Å². The predicted octanol–water partition coefficient (Wildman–Crippen LogP) is -0.765. The third-order valence-corrected chi connectivity index (χ3v) is 1.86. The molecule has 3 amide bonds. The van der Waals surface area contributed by atoms with Crippen LogP contribution in [0.5, 0.6) is 0 Å². The molecule has 84 valence electrons. The first kappa shape index (κ1) is 13.2. The zero-order chi connectivity index (χ0) is 11.9. The Bertz CT molecular complexity index is 266. The average Bonchev–Trinajstić information content (AvgIpc) is 2.18. The van der Waals surface area contributed by atoms with Crippen LogP contribution in [0.2, 0.25) is 0 Å². The first-order chi connectivity index (χ1) is 7.01. The molecule has 0 aliphatic rings. The second kappa shape index (κ2) is 5.79. The van der Waals surface area contributed by atoms with Gasteiger partial charge in [-0.3, -0.25) is 14.4 Å². The van der Waals surface area contributed by atoms with Crippen LogP contribution in [0, 0.1) is 0 Å². The molecule has 6 heteroatoms. The van der Waals surface area contributed by atoms with Crippen LogP contribution in [0.4, 0.5) is 0 Å². The minimum atomic E-state index is -1.25. The Kier molecular flexibility index (Phi) is 5.08. The van der Waals surface area contributed by atoms with E-state index in [9.17, 15) is 14.4 Å². The van der Waals surface area contributed by atoms with Crippen LogP contribution < -0.4 is 16.0 Å². The number of rotatable bonds is 7. The first-order valence-electron chi connectivity index (χ1n) is 4.42. The molecule has 0 atom stereocenters. The van der Waals surface area contributed by atoms with Gasteiger partial charge in [-0.05, 0) is 6.92 Å². The molecular weight excluding hydrogens is 198 g/mol. The second-order valence-electron chi connectivity index (χ2n) is 3.02. The summed E-state index contributed by atoms with van der Waals surface area (Å²) < 4.78 is 0. The fourth-order valence-electron chi connectivity index (χ4n) is 0.908. The maximum atomic E-state index is 11.3. The monoisotopic (exact) mass is 213 g/mol. The first-order valence-corrected chi connectivity index (χ1v) is 4.42. The summed E-state index contributed by atoms with van der Waals surface area (Å²) in [6.07, 6.45) is 1.11. The molecule has 0 bridgehead atoms. The lowest BCUT2D eigenvalue weighted by molar-refractivity contribution is -0.123. The number of nitrogens with one attached hydrogen (secondary N) is 3. The summed E-state index contributed by atoms with van der Waals surface area (Å²) in [5.74, 6) is -1.69. The van der Waals surface area contributed by atoms with Gasteiger partial charge in [-0.1, -0.05) is 13.5 Å². The standard InChI is InChI=1S/C9H15N3O3/c1-4-9(10-5-13,11-6-14)12-8(15)7(2)3/h5-6H,2,4H2,1,3H3,(H,10,13)(H,11,14)(H,12,15). The van der Waals surface area contributed by atoms with Crippen LogP contribution in [0.3, 0.4) is 0 Å². The Morgan fingerprint density at radius 2 is 1.80 bits per heavy atom. The highest BCUT2D eigenvalue weighted by atomic mass is 16.2. The Labute approximate surface area is 88.1 Å². The van der Waals surface area contributed by atoms with E-state index in [4.69, 9.17) is 0 Å². The number of amides is 3. The Morgan fingerprint density at radius 1 is 1.33 bits per heavy atom. The van der Waals surface area contributed by atoms with Gasteiger partial charge in [0.2, 0.25) is 18.7 Å². The molecule has 15 heavy (non-hydrogen) atoms. The van der Waals surface area contributed by atoms with Crippen molar-refractivity contribution in [3.8, 4) is 0 Å². The molecule has 0 aromatic rings. The third kappa shape index (κ3) is 3.80. The summed E-state index contributed by atoms with van der Waals surface area (Å²) in [6.45, 7) is 6.67. The van der Waals surface area contributed by atoms with E-state index < -0.39 is 11.7 Å². The van der Waals surface area contributed by atoms with Gasteiger partial charge in [0.05, 0.1) is 0 Å². The minimum Gasteiger partial charge on any atom is -0.319 e. The normalized spacial score (nSPS) is 10.0. The molecule has 6 nitrogen and oxygen atoms in total. The van der Waals surface area contributed by atoms with Crippen LogP contribution in [0.15, 0.2) is 12.2 Å². The van der Waals surface area contributed by atoms with Gasteiger partial charge in [-0.15, -0.1) is 0 Å². The maximum Gasteiger partial charge on any atom is 0.249 e. The molecular formula is C9H15N3O3. The Hall–Kier alpha value is -1.85. The third-order valence-electron chi connectivity index (χ3n) is 1.86. The van der Waals surface area contributed by atoms with Crippen molar-refractivity contribution < 1.29 is 14.4 Å².